The van der Waals surface area contributed by atoms with E-state index in [0.29, 0.717) is 0 Å². The molecular formula is C10H15ClF2O5. The van der Waals surface area contributed by atoms with E-state index in [1.807, 2.05) is 0 Å². The zero-order valence-corrected chi connectivity index (χ0v) is 11.0. The van der Waals surface area contributed by atoms with E-state index in [2.05, 4.69) is 16.3 Å². The largest absolute Gasteiger partial charge is 0.468 e. The highest BCUT2D eigenvalue weighted by atomic mass is 35.5. The third-order valence-corrected chi connectivity index (χ3v) is 2.14. The van der Waals surface area contributed by atoms with Crippen molar-refractivity contribution < 1.29 is 32.6 Å². The molecule has 0 aliphatic heterocycles. The molecule has 0 aromatic rings. The van der Waals surface area contributed by atoms with Crippen LogP contribution in [-0.2, 0) is 23.8 Å². The van der Waals surface area contributed by atoms with Gasteiger partial charge in [0.1, 0.15) is 0 Å². The second-order valence-electron chi connectivity index (χ2n) is 3.14. The summed E-state index contributed by atoms with van der Waals surface area (Å²) < 4.78 is 39.8. The molecule has 5 nitrogen and oxygen atoms in total. The minimum Gasteiger partial charge on any atom is -0.468 e. The minimum atomic E-state index is -4.19. The summed E-state index contributed by atoms with van der Waals surface area (Å²) in [6.07, 6.45) is -1.45. The zero-order chi connectivity index (χ0) is 14.3. The molecule has 0 saturated heterocycles. The third-order valence-electron chi connectivity index (χ3n) is 1.95. The van der Waals surface area contributed by atoms with Crippen molar-refractivity contribution in [2.75, 3.05) is 20.3 Å². The number of hydrogen-bond donors (Lipinski definition) is 0. The Kier molecular flexibility index (Phi) is 7.27. The van der Waals surface area contributed by atoms with Crippen LogP contribution in [0.4, 0.5) is 8.78 Å². The van der Waals surface area contributed by atoms with Crippen molar-refractivity contribution in [3.8, 4) is 0 Å². The van der Waals surface area contributed by atoms with Crippen LogP contribution in [0.15, 0.2) is 0 Å². The second-order valence-corrected chi connectivity index (χ2v) is 3.62. The standard InChI is InChI=1S/C10H15ClF2O5/c1-4-17-9(18-5-2)6(8(15)16-3)7(14)10(11,12)13/h6,9H,4-5H2,1-3H3. The molecule has 0 saturated carbocycles. The van der Waals surface area contributed by atoms with Gasteiger partial charge in [-0.25, -0.2) is 0 Å². The monoisotopic (exact) mass is 288 g/mol. The van der Waals surface area contributed by atoms with Crippen molar-refractivity contribution in [2.24, 2.45) is 5.92 Å². The van der Waals surface area contributed by atoms with Gasteiger partial charge in [0.25, 0.3) is 0 Å². The Bertz CT molecular complexity index is 286. The van der Waals surface area contributed by atoms with Gasteiger partial charge in [-0.15, -0.1) is 0 Å². The maximum absolute atomic E-state index is 12.8. The van der Waals surface area contributed by atoms with Gasteiger partial charge in [-0.2, -0.15) is 8.78 Å². The summed E-state index contributed by atoms with van der Waals surface area (Å²) >= 11 is 4.62. The van der Waals surface area contributed by atoms with Crippen molar-refractivity contribution in [3.63, 3.8) is 0 Å². The third kappa shape index (κ3) is 4.83. The van der Waals surface area contributed by atoms with Gasteiger partial charge in [0.05, 0.1) is 7.11 Å². The van der Waals surface area contributed by atoms with Gasteiger partial charge in [0.15, 0.2) is 12.2 Å². The summed E-state index contributed by atoms with van der Waals surface area (Å²) in [6.45, 7) is 3.26. The molecule has 0 radical (unpaired) electrons. The second kappa shape index (κ2) is 7.60. The molecule has 8 heteroatoms. The number of rotatable bonds is 8. The minimum absolute atomic E-state index is 0.0687. The van der Waals surface area contributed by atoms with Crippen molar-refractivity contribution in [3.05, 3.63) is 0 Å². The number of alkyl halides is 3. The number of carbonyl (C=O) groups excluding carboxylic acids is 2. The van der Waals surface area contributed by atoms with E-state index >= 15 is 0 Å². The van der Waals surface area contributed by atoms with Gasteiger partial charge in [0, 0.05) is 13.2 Å². The van der Waals surface area contributed by atoms with E-state index in [1.54, 1.807) is 13.8 Å². The number of ketones is 1. The number of Topliss-reactive ketones (excluding diaryl/α,β-unsaturated/α-hetero) is 1. The lowest BCUT2D eigenvalue weighted by atomic mass is 10.0. The predicted octanol–water partition coefficient (Wildman–Crippen LogP) is 1.58. The first kappa shape index (κ1) is 17.2. The number of halogens is 3. The smallest absolute Gasteiger partial charge is 0.381 e. The molecule has 0 fully saturated rings. The fraction of sp³-hybridized carbons (Fsp3) is 0.800. The molecule has 1 unspecified atom stereocenters. The highest BCUT2D eigenvalue weighted by Crippen LogP contribution is 2.27. The maximum atomic E-state index is 12.8. The average Bonchev–Trinajstić information content (AvgIpc) is 2.28. The maximum Gasteiger partial charge on any atom is 0.381 e. The Balaban J connectivity index is 5.18. The van der Waals surface area contributed by atoms with Gasteiger partial charge in [0.2, 0.25) is 5.78 Å². The van der Waals surface area contributed by atoms with Crippen LogP contribution in [0, 0.1) is 5.92 Å². The summed E-state index contributed by atoms with van der Waals surface area (Å²) in [5.41, 5.74) is 0. The Labute approximate surface area is 108 Å². The average molecular weight is 289 g/mol. The lowest BCUT2D eigenvalue weighted by Gasteiger charge is -2.24. The molecule has 0 aliphatic rings. The van der Waals surface area contributed by atoms with E-state index in [-0.39, 0.29) is 13.2 Å². The lowest BCUT2D eigenvalue weighted by Crippen LogP contribution is -2.45. The van der Waals surface area contributed by atoms with Crippen LogP contribution in [0.25, 0.3) is 0 Å². The Hall–Kier alpha value is -0.790. The van der Waals surface area contributed by atoms with E-state index in [4.69, 9.17) is 9.47 Å². The van der Waals surface area contributed by atoms with Crippen LogP contribution in [0.5, 0.6) is 0 Å². The molecule has 106 valence electrons. The van der Waals surface area contributed by atoms with Crippen LogP contribution in [0.2, 0.25) is 0 Å². The van der Waals surface area contributed by atoms with Crippen molar-refractivity contribution in [2.45, 2.75) is 25.5 Å². The quantitative estimate of drug-likeness (QED) is 0.294. The molecule has 0 aromatic carbocycles. The zero-order valence-electron chi connectivity index (χ0n) is 10.2. The number of hydrogen-bond acceptors (Lipinski definition) is 5. The molecule has 0 rings (SSSR count). The Morgan fingerprint density at radius 3 is 1.94 bits per heavy atom. The lowest BCUT2D eigenvalue weighted by molar-refractivity contribution is -0.194. The van der Waals surface area contributed by atoms with Gasteiger partial charge in [-0.1, -0.05) is 0 Å². The SMILES string of the molecule is CCOC(OCC)C(C(=O)OC)C(=O)C(F)(F)Cl. The fourth-order valence-corrected chi connectivity index (χ4v) is 1.33. The van der Waals surface area contributed by atoms with Crippen molar-refractivity contribution in [1.29, 1.82) is 0 Å². The van der Waals surface area contributed by atoms with Crippen LogP contribution < -0.4 is 0 Å². The summed E-state index contributed by atoms with van der Waals surface area (Å²) in [5.74, 6) is -4.93. The molecule has 18 heavy (non-hydrogen) atoms. The number of ether oxygens (including phenoxy) is 3. The summed E-state index contributed by atoms with van der Waals surface area (Å²) in [5, 5.41) is -4.19. The van der Waals surface area contributed by atoms with E-state index in [1.165, 1.54) is 0 Å². The molecular weight excluding hydrogens is 274 g/mol. The molecule has 0 spiro atoms. The number of esters is 1. The summed E-state index contributed by atoms with van der Waals surface area (Å²) in [4.78, 5) is 22.8. The molecule has 1 atom stereocenters. The van der Waals surface area contributed by atoms with Crippen LogP contribution >= 0.6 is 11.6 Å². The van der Waals surface area contributed by atoms with Gasteiger partial charge >= 0.3 is 11.4 Å². The van der Waals surface area contributed by atoms with E-state index in [9.17, 15) is 18.4 Å². The van der Waals surface area contributed by atoms with E-state index < -0.39 is 29.3 Å². The first-order valence-electron chi connectivity index (χ1n) is 5.21. The fourth-order valence-electron chi connectivity index (χ4n) is 1.21. The molecule has 0 bridgehead atoms. The number of carbonyl (C=O) groups is 2. The Morgan fingerprint density at radius 2 is 1.67 bits per heavy atom. The van der Waals surface area contributed by atoms with Crippen LogP contribution in [0.3, 0.4) is 0 Å². The molecule has 0 heterocycles. The highest BCUT2D eigenvalue weighted by Gasteiger charge is 2.49. The van der Waals surface area contributed by atoms with Crippen molar-refractivity contribution >= 4 is 23.4 Å². The number of methoxy groups -OCH3 is 1. The summed E-state index contributed by atoms with van der Waals surface area (Å²) in [6, 6.07) is 0. The molecule has 0 N–H and O–H groups in total. The molecule has 0 amide bonds. The van der Waals surface area contributed by atoms with Gasteiger partial charge in [-0.05, 0) is 25.4 Å². The van der Waals surface area contributed by atoms with Crippen LogP contribution in [0.1, 0.15) is 13.8 Å². The normalized spacial score (nSPS) is 13.5. The van der Waals surface area contributed by atoms with Crippen molar-refractivity contribution in [1.82, 2.24) is 0 Å². The first-order chi connectivity index (χ1) is 8.29. The summed E-state index contributed by atoms with van der Waals surface area (Å²) in [7, 11) is 0.962. The van der Waals surface area contributed by atoms with Crippen LogP contribution in [-0.4, -0.2) is 43.7 Å². The van der Waals surface area contributed by atoms with E-state index in [0.717, 1.165) is 7.11 Å². The highest BCUT2D eigenvalue weighted by molar-refractivity contribution is 6.34. The Morgan fingerprint density at radius 1 is 1.22 bits per heavy atom. The topological polar surface area (TPSA) is 61.8 Å². The van der Waals surface area contributed by atoms with Gasteiger partial charge < -0.3 is 14.2 Å². The predicted molar refractivity (Wildman–Crippen MR) is 58.4 cm³/mol. The first-order valence-corrected chi connectivity index (χ1v) is 5.59. The molecule has 0 aromatic heterocycles. The molecule has 0 aliphatic carbocycles. The van der Waals surface area contributed by atoms with Gasteiger partial charge in [-0.3, -0.25) is 9.59 Å².